The number of rotatable bonds is 2. The molecule has 1 aliphatic heterocycles. The highest BCUT2D eigenvalue weighted by Crippen LogP contribution is 2.23. The van der Waals surface area contributed by atoms with Crippen molar-refractivity contribution in [2.45, 2.75) is 18.9 Å². The van der Waals surface area contributed by atoms with Crippen LogP contribution in [0.3, 0.4) is 0 Å². The van der Waals surface area contributed by atoms with Crippen LogP contribution in [0.1, 0.15) is 24.7 Å². The van der Waals surface area contributed by atoms with Crippen molar-refractivity contribution < 1.29 is 0 Å². The number of nitrogens with zero attached hydrogens (tertiary/aromatic N) is 1. The van der Waals surface area contributed by atoms with Gasteiger partial charge in [0.15, 0.2) is 0 Å². The van der Waals surface area contributed by atoms with Crippen molar-refractivity contribution in [3.8, 4) is 11.3 Å². The van der Waals surface area contributed by atoms with Gasteiger partial charge in [-0.3, -0.25) is 0 Å². The van der Waals surface area contributed by atoms with Crippen LogP contribution in [0, 0.1) is 0 Å². The first-order chi connectivity index (χ1) is 7.93. The summed E-state index contributed by atoms with van der Waals surface area (Å²) < 4.78 is 0. The lowest BCUT2D eigenvalue weighted by Gasteiger charge is -2.05. The standard InChI is InChI=1S/C13H15N3.ClH/c1-2-5-10(6-3-1)12-9-15-13(16-12)11-7-4-8-14-11;/h1-3,5-6,9,11,14H,4,7-8H2,(H,15,16);1H. The molecule has 3 nitrogen and oxygen atoms in total. The number of aromatic amines is 1. The zero-order chi connectivity index (χ0) is 10.8. The van der Waals surface area contributed by atoms with Crippen LogP contribution in [0.15, 0.2) is 36.5 Å². The van der Waals surface area contributed by atoms with Crippen molar-refractivity contribution in [1.29, 1.82) is 0 Å². The van der Waals surface area contributed by atoms with Gasteiger partial charge < -0.3 is 10.3 Å². The second-order valence-corrected chi connectivity index (χ2v) is 4.20. The predicted octanol–water partition coefficient (Wildman–Crippen LogP) is 2.92. The summed E-state index contributed by atoms with van der Waals surface area (Å²) in [6.45, 7) is 1.10. The number of H-pyrrole nitrogens is 1. The number of hydrogen-bond donors (Lipinski definition) is 2. The van der Waals surface area contributed by atoms with Crippen LogP contribution in [0.25, 0.3) is 11.3 Å². The van der Waals surface area contributed by atoms with Crippen LogP contribution in [-0.4, -0.2) is 16.5 Å². The van der Waals surface area contributed by atoms with Crippen molar-refractivity contribution >= 4 is 12.4 Å². The van der Waals surface area contributed by atoms with Gasteiger partial charge >= 0.3 is 0 Å². The van der Waals surface area contributed by atoms with E-state index in [2.05, 4.69) is 27.4 Å². The molecule has 2 aromatic rings. The van der Waals surface area contributed by atoms with E-state index in [9.17, 15) is 0 Å². The largest absolute Gasteiger partial charge is 0.341 e. The van der Waals surface area contributed by atoms with Crippen LogP contribution < -0.4 is 5.32 Å². The van der Waals surface area contributed by atoms with Gasteiger partial charge in [-0.15, -0.1) is 12.4 Å². The summed E-state index contributed by atoms with van der Waals surface area (Å²) in [4.78, 5) is 7.85. The first-order valence-electron chi connectivity index (χ1n) is 5.77. The zero-order valence-electron chi connectivity index (χ0n) is 9.52. The van der Waals surface area contributed by atoms with E-state index >= 15 is 0 Å². The smallest absolute Gasteiger partial charge is 0.123 e. The van der Waals surface area contributed by atoms with Gasteiger partial charge in [0.05, 0.1) is 17.9 Å². The third-order valence-corrected chi connectivity index (χ3v) is 3.07. The fourth-order valence-electron chi connectivity index (χ4n) is 2.20. The van der Waals surface area contributed by atoms with E-state index in [1.54, 1.807) is 0 Å². The van der Waals surface area contributed by atoms with Gasteiger partial charge in [0, 0.05) is 0 Å². The summed E-state index contributed by atoms with van der Waals surface area (Å²) >= 11 is 0. The van der Waals surface area contributed by atoms with E-state index in [1.807, 2.05) is 24.4 Å². The Kier molecular flexibility index (Phi) is 3.82. The van der Waals surface area contributed by atoms with E-state index in [0.717, 1.165) is 18.1 Å². The van der Waals surface area contributed by atoms with Gasteiger partial charge in [0.1, 0.15) is 5.82 Å². The van der Waals surface area contributed by atoms with Crippen LogP contribution >= 0.6 is 12.4 Å². The summed E-state index contributed by atoms with van der Waals surface area (Å²) in [6.07, 6.45) is 4.35. The Bertz CT molecular complexity index is 461. The highest BCUT2D eigenvalue weighted by atomic mass is 35.5. The van der Waals surface area contributed by atoms with Crippen molar-refractivity contribution in [3.05, 3.63) is 42.4 Å². The van der Waals surface area contributed by atoms with E-state index in [1.165, 1.54) is 18.4 Å². The summed E-state index contributed by atoms with van der Waals surface area (Å²) in [5, 5.41) is 3.44. The van der Waals surface area contributed by atoms with E-state index in [-0.39, 0.29) is 12.4 Å². The maximum atomic E-state index is 4.46. The quantitative estimate of drug-likeness (QED) is 0.859. The third-order valence-electron chi connectivity index (χ3n) is 3.07. The van der Waals surface area contributed by atoms with Gasteiger partial charge in [-0.05, 0) is 24.9 Å². The maximum absolute atomic E-state index is 4.46. The van der Waals surface area contributed by atoms with Crippen LogP contribution in [0.2, 0.25) is 0 Å². The molecule has 1 aromatic heterocycles. The number of benzene rings is 1. The van der Waals surface area contributed by atoms with Gasteiger partial charge in [-0.1, -0.05) is 30.3 Å². The second kappa shape index (κ2) is 5.34. The monoisotopic (exact) mass is 249 g/mol. The Morgan fingerprint density at radius 2 is 2.00 bits per heavy atom. The minimum absolute atomic E-state index is 0. The minimum Gasteiger partial charge on any atom is -0.341 e. The molecule has 0 spiro atoms. The molecule has 0 saturated carbocycles. The molecule has 0 aliphatic carbocycles. The molecule has 17 heavy (non-hydrogen) atoms. The molecule has 4 heteroatoms. The summed E-state index contributed by atoms with van der Waals surface area (Å²) in [7, 11) is 0. The average molecular weight is 250 g/mol. The highest BCUT2D eigenvalue weighted by Gasteiger charge is 2.18. The average Bonchev–Trinajstić information content (AvgIpc) is 3.01. The fraction of sp³-hybridized carbons (Fsp3) is 0.308. The summed E-state index contributed by atoms with van der Waals surface area (Å²) in [6, 6.07) is 10.7. The molecular formula is C13H16ClN3. The van der Waals surface area contributed by atoms with Gasteiger partial charge in [0.25, 0.3) is 0 Å². The van der Waals surface area contributed by atoms with E-state index < -0.39 is 0 Å². The first kappa shape index (κ1) is 12.1. The SMILES string of the molecule is Cl.c1ccc(-c2cnc(C3CCCN3)[nH]2)cc1. The molecule has 1 unspecified atom stereocenters. The van der Waals surface area contributed by atoms with E-state index in [4.69, 9.17) is 0 Å². The molecule has 0 radical (unpaired) electrons. The predicted molar refractivity (Wildman–Crippen MR) is 71.2 cm³/mol. The number of nitrogens with one attached hydrogen (secondary N) is 2. The molecule has 1 fully saturated rings. The summed E-state index contributed by atoms with van der Waals surface area (Å²) in [5.41, 5.74) is 2.29. The lowest BCUT2D eigenvalue weighted by molar-refractivity contribution is 0.613. The molecule has 2 heterocycles. The van der Waals surface area contributed by atoms with Crippen molar-refractivity contribution in [3.63, 3.8) is 0 Å². The van der Waals surface area contributed by atoms with Gasteiger partial charge in [0.2, 0.25) is 0 Å². The van der Waals surface area contributed by atoms with Crippen molar-refractivity contribution in [2.75, 3.05) is 6.54 Å². The van der Waals surface area contributed by atoms with Crippen LogP contribution in [0.5, 0.6) is 0 Å². The molecule has 90 valence electrons. The highest BCUT2D eigenvalue weighted by molar-refractivity contribution is 5.85. The normalized spacial score (nSPS) is 18.9. The lowest BCUT2D eigenvalue weighted by atomic mass is 10.2. The molecule has 0 amide bonds. The number of aromatic nitrogens is 2. The first-order valence-corrected chi connectivity index (χ1v) is 5.77. The summed E-state index contributed by atoms with van der Waals surface area (Å²) in [5.74, 6) is 1.07. The zero-order valence-corrected chi connectivity index (χ0v) is 10.3. The van der Waals surface area contributed by atoms with Crippen molar-refractivity contribution in [2.24, 2.45) is 0 Å². The van der Waals surface area contributed by atoms with Crippen LogP contribution in [0.4, 0.5) is 0 Å². The Morgan fingerprint density at radius 3 is 2.71 bits per heavy atom. The topological polar surface area (TPSA) is 40.7 Å². The lowest BCUT2D eigenvalue weighted by Crippen LogP contribution is -2.14. The molecule has 2 N–H and O–H groups in total. The molecule has 1 aromatic carbocycles. The van der Waals surface area contributed by atoms with E-state index in [0.29, 0.717) is 6.04 Å². The molecule has 0 bridgehead atoms. The third kappa shape index (κ3) is 2.51. The fourth-order valence-corrected chi connectivity index (χ4v) is 2.20. The molecule has 3 rings (SSSR count). The second-order valence-electron chi connectivity index (χ2n) is 4.20. The van der Waals surface area contributed by atoms with Gasteiger partial charge in [-0.25, -0.2) is 4.98 Å². The Labute approximate surface area is 107 Å². The Morgan fingerprint density at radius 1 is 1.18 bits per heavy atom. The molecular weight excluding hydrogens is 234 g/mol. The van der Waals surface area contributed by atoms with Crippen molar-refractivity contribution in [1.82, 2.24) is 15.3 Å². The molecule has 1 saturated heterocycles. The van der Waals surface area contributed by atoms with Crippen LogP contribution in [-0.2, 0) is 0 Å². The number of halogens is 1. The Hall–Kier alpha value is -1.32. The maximum Gasteiger partial charge on any atom is 0.123 e. The Balaban J connectivity index is 0.00000108. The van der Waals surface area contributed by atoms with Gasteiger partial charge in [-0.2, -0.15) is 0 Å². The molecule has 1 aliphatic rings. The number of hydrogen-bond acceptors (Lipinski definition) is 2. The molecule has 1 atom stereocenters. The minimum atomic E-state index is 0. The number of imidazole rings is 1.